The number of unbranched alkanes of at least 4 members (excludes halogenated alkanes) is 2. The third-order valence-corrected chi connectivity index (χ3v) is 6.36. The summed E-state index contributed by atoms with van der Waals surface area (Å²) in [5.74, 6) is 0.499. The Morgan fingerprint density at radius 3 is 2.71 bits per heavy atom. The van der Waals surface area contributed by atoms with Crippen molar-refractivity contribution in [1.29, 1.82) is 0 Å². The molecule has 28 heavy (non-hydrogen) atoms. The number of thioether (sulfide) groups is 1. The van der Waals surface area contributed by atoms with Crippen LogP contribution >= 0.6 is 27.7 Å². The van der Waals surface area contributed by atoms with Crippen LogP contribution in [0, 0.1) is 0 Å². The van der Waals surface area contributed by atoms with E-state index in [2.05, 4.69) is 63.9 Å². The molecule has 1 heterocycles. The molecule has 0 radical (unpaired) electrons. The number of pyridine rings is 1. The normalized spacial score (nSPS) is 11.0. The van der Waals surface area contributed by atoms with Gasteiger partial charge in [0.05, 0.1) is 11.1 Å². The summed E-state index contributed by atoms with van der Waals surface area (Å²) >= 11 is 5.07. The van der Waals surface area contributed by atoms with Gasteiger partial charge in [0.15, 0.2) is 6.20 Å². The zero-order valence-corrected chi connectivity index (χ0v) is 18.8. The highest BCUT2D eigenvalue weighted by atomic mass is 79.9. The Morgan fingerprint density at radius 1 is 1.11 bits per heavy atom. The highest BCUT2D eigenvalue weighted by molar-refractivity contribution is 9.10. The van der Waals surface area contributed by atoms with Crippen molar-refractivity contribution < 1.29 is 9.36 Å². The van der Waals surface area contributed by atoms with Crippen LogP contribution < -0.4 is 9.47 Å². The highest BCUT2D eigenvalue weighted by Crippen LogP contribution is 2.27. The van der Waals surface area contributed by atoms with Crippen molar-refractivity contribution >= 4 is 50.2 Å². The molecular weight excluding hydrogens is 432 g/mol. The molecule has 3 aromatic rings. The number of amides is 1. The number of aryl methyl sites for hydroxylation is 1. The summed E-state index contributed by atoms with van der Waals surface area (Å²) in [6.45, 7) is 3.26. The van der Waals surface area contributed by atoms with E-state index in [4.69, 9.17) is 0 Å². The second-order valence-corrected chi connectivity index (χ2v) is 8.75. The van der Waals surface area contributed by atoms with Crippen LogP contribution in [-0.2, 0) is 11.3 Å². The van der Waals surface area contributed by atoms with E-state index in [0.717, 1.165) is 21.6 Å². The fraction of sp³-hybridized carbons (Fsp3) is 0.304. The van der Waals surface area contributed by atoms with Crippen molar-refractivity contribution in [3.05, 3.63) is 65.3 Å². The van der Waals surface area contributed by atoms with Crippen molar-refractivity contribution in [3.63, 3.8) is 0 Å². The fourth-order valence-electron chi connectivity index (χ4n) is 3.18. The van der Waals surface area contributed by atoms with Crippen molar-refractivity contribution in [2.45, 2.75) is 37.6 Å². The Labute approximate surface area is 179 Å². The molecule has 1 amide bonds. The van der Waals surface area contributed by atoms with Crippen LogP contribution in [0.2, 0.25) is 0 Å². The minimum atomic E-state index is 0.0897. The molecule has 3 nitrogen and oxygen atoms in total. The molecule has 0 spiro atoms. The summed E-state index contributed by atoms with van der Waals surface area (Å²) in [5, 5.41) is 1.21. The van der Waals surface area contributed by atoms with Crippen LogP contribution in [0.4, 0.5) is 5.69 Å². The number of hydrogen-bond donors (Lipinski definition) is 0. The first-order chi connectivity index (χ1) is 13.6. The molecule has 0 bridgehead atoms. The molecule has 0 saturated carbocycles. The Hall–Kier alpha value is -1.85. The molecule has 0 aliphatic rings. The van der Waals surface area contributed by atoms with Gasteiger partial charge >= 0.3 is 0 Å². The number of benzene rings is 2. The molecule has 0 aliphatic heterocycles. The molecule has 1 aromatic heterocycles. The molecule has 3 rings (SSSR count). The summed E-state index contributed by atoms with van der Waals surface area (Å²) in [6, 6.07) is 18.4. The molecule has 0 N–H and O–H groups in total. The molecule has 0 fully saturated rings. The number of fused-ring (bicyclic) bond motifs is 1. The number of para-hydroxylation sites is 1. The fourth-order valence-corrected chi connectivity index (χ4v) is 4.52. The highest BCUT2D eigenvalue weighted by Gasteiger charge is 2.16. The monoisotopic (exact) mass is 457 g/mol. The predicted molar refractivity (Wildman–Crippen MR) is 122 cm³/mol. The average molecular weight is 458 g/mol. The standard InChI is InChI=1S/C23H26BrN2OS/c1-3-4-7-14-26-15-13-22(20-11-5-6-12-21(20)26)28-17-23(27)25(2)19-10-8-9-18(24)16-19/h5-6,8-13,15-16H,3-4,7,14,17H2,1-2H3/q+1. The smallest absolute Gasteiger partial charge is 0.237 e. The van der Waals surface area contributed by atoms with E-state index in [0.29, 0.717) is 5.75 Å². The van der Waals surface area contributed by atoms with E-state index in [1.54, 1.807) is 16.7 Å². The number of carbonyl (C=O) groups excluding carboxylic acids is 1. The van der Waals surface area contributed by atoms with E-state index in [-0.39, 0.29) is 5.91 Å². The summed E-state index contributed by atoms with van der Waals surface area (Å²) in [6.07, 6.45) is 5.81. The molecule has 0 unspecified atom stereocenters. The van der Waals surface area contributed by atoms with Gasteiger partial charge in [0.2, 0.25) is 11.4 Å². The number of aromatic nitrogens is 1. The van der Waals surface area contributed by atoms with Crippen molar-refractivity contribution in [1.82, 2.24) is 0 Å². The number of rotatable bonds is 8. The first-order valence-corrected chi connectivity index (χ1v) is 11.4. The van der Waals surface area contributed by atoms with Crippen LogP contribution in [0.1, 0.15) is 26.2 Å². The number of halogens is 1. The van der Waals surface area contributed by atoms with Crippen molar-refractivity contribution in [2.24, 2.45) is 0 Å². The summed E-state index contributed by atoms with van der Waals surface area (Å²) in [4.78, 5) is 15.6. The van der Waals surface area contributed by atoms with Crippen LogP contribution in [0.25, 0.3) is 10.9 Å². The van der Waals surface area contributed by atoms with Gasteiger partial charge in [-0.15, -0.1) is 11.8 Å². The van der Waals surface area contributed by atoms with E-state index < -0.39 is 0 Å². The maximum absolute atomic E-state index is 12.7. The van der Waals surface area contributed by atoms with Crippen LogP contribution in [-0.4, -0.2) is 18.7 Å². The van der Waals surface area contributed by atoms with E-state index in [1.807, 2.05) is 31.3 Å². The summed E-state index contributed by atoms with van der Waals surface area (Å²) < 4.78 is 3.30. The number of carbonyl (C=O) groups is 1. The number of hydrogen-bond acceptors (Lipinski definition) is 2. The van der Waals surface area contributed by atoms with Gasteiger partial charge in [0, 0.05) is 40.7 Å². The zero-order valence-electron chi connectivity index (χ0n) is 16.4. The molecule has 146 valence electrons. The lowest BCUT2D eigenvalue weighted by Crippen LogP contribution is -2.34. The number of anilines is 1. The van der Waals surface area contributed by atoms with Gasteiger partial charge in [-0.25, -0.2) is 0 Å². The van der Waals surface area contributed by atoms with Gasteiger partial charge in [0.25, 0.3) is 0 Å². The van der Waals surface area contributed by atoms with Crippen LogP contribution in [0.3, 0.4) is 0 Å². The third-order valence-electron chi connectivity index (χ3n) is 4.81. The molecule has 0 aliphatic carbocycles. The summed E-state index contributed by atoms with van der Waals surface area (Å²) in [5.41, 5.74) is 2.13. The quantitative estimate of drug-likeness (QED) is 0.241. The molecule has 0 atom stereocenters. The lowest BCUT2D eigenvalue weighted by molar-refractivity contribution is -0.672. The van der Waals surface area contributed by atoms with Gasteiger partial charge in [-0.2, -0.15) is 4.57 Å². The van der Waals surface area contributed by atoms with Crippen molar-refractivity contribution in [3.8, 4) is 0 Å². The van der Waals surface area contributed by atoms with E-state index in [9.17, 15) is 4.79 Å². The molecule has 2 aromatic carbocycles. The van der Waals surface area contributed by atoms with E-state index >= 15 is 0 Å². The maximum atomic E-state index is 12.7. The van der Waals surface area contributed by atoms with Crippen LogP contribution in [0.5, 0.6) is 0 Å². The SMILES string of the molecule is CCCCC[n+]1ccc(SCC(=O)N(C)c2cccc(Br)c2)c2ccccc21. The lowest BCUT2D eigenvalue weighted by atomic mass is 10.2. The first kappa shape index (κ1) is 20.9. The largest absolute Gasteiger partial charge is 0.315 e. The van der Waals surface area contributed by atoms with Gasteiger partial charge in [-0.05, 0) is 30.7 Å². The topological polar surface area (TPSA) is 24.2 Å². The van der Waals surface area contributed by atoms with Gasteiger partial charge in [0.1, 0.15) is 6.54 Å². The minimum absolute atomic E-state index is 0.0897. The van der Waals surface area contributed by atoms with Gasteiger partial charge in [-0.3, -0.25) is 4.79 Å². The zero-order chi connectivity index (χ0) is 19.9. The Balaban J connectivity index is 1.74. The molecule has 5 heteroatoms. The summed E-state index contributed by atoms with van der Waals surface area (Å²) in [7, 11) is 1.83. The Morgan fingerprint density at radius 2 is 1.93 bits per heavy atom. The molecule has 0 saturated heterocycles. The minimum Gasteiger partial charge on any atom is -0.315 e. The maximum Gasteiger partial charge on any atom is 0.237 e. The van der Waals surface area contributed by atoms with Gasteiger partial charge in [-0.1, -0.05) is 47.5 Å². The Kier molecular flexibility index (Phi) is 7.51. The Bertz CT molecular complexity index is 960. The van der Waals surface area contributed by atoms with E-state index in [1.165, 1.54) is 30.2 Å². The number of nitrogens with zero attached hydrogens (tertiary/aromatic N) is 2. The first-order valence-electron chi connectivity index (χ1n) is 9.66. The lowest BCUT2D eigenvalue weighted by Gasteiger charge is -2.17. The predicted octanol–water partition coefficient (Wildman–Crippen LogP) is 5.84. The third kappa shape index (κ3) is 5.15. The van der Waals surface area contributed by atoms with Gasteiger partial charge < -0.3 is 4.90 Å². The second-order valence-electron chi connectivity index (χ2n) is 6.82. The molecular formula is C23H26BrN2OS+. The second kappa shape index (κ2) is 10.1. The van der Waals surface area contributed by atoms with Crippen molar-refractivity contribution in [2.75, 3.05) is 17.7 Å². The average Bonchev–Trinajstić information content (AvgIpc) is 2.72. The van der Waals surface area contributed by atoms with Crippen LogP contribution in [0.15, 0.2) is 70.2 Å².